The summed E-state index contributed by atoms with van der Waals surface area (Å²) in [6.07, 6.45) is 6.31. The molecule has 7 heteroatoms. The summed E-state index contributed by atoms with van der Waals surface area (Å²) in [4.78, 5) is 27.7. The van der Waals surface area contributed by atoms with E-state index < -0.39 is 16.8 Å². The Labute approximate surface area is 225 Å². The van der Waals surface area contributed by atoms with Gasteiger partial charge in [0.15, 0.2) is 5.78 Å². The highest BCUT2D eigenvalue weighted by molar-refractivity contribution is 7.85. The zero-order valence-corrected chi connectivity index (χ0v) is 22.6. The fourth-order valence-corrected chi connectivity index (χ4v) is 5.73. The highest BCUT2D eigenvalue weighted by atomic mass is 35.5. The van der Waals surface area contributed by atoms with Crippen molar-refractivity contribution in [3.8, 4) is 0 Å². The summed E-state index contributed by atoms with van der Waals surface area (Å²) in [5.74, 6) is -0.377. The first-order chi connectivity index (χ1) is 17.9. The molecule has 0 aromatic heterocycles. The van der Waals surface area contributed by atoms with Crippen molar-refractivity contribution >= 4 is 45.5 Å². The molecule has 3 aromatic rings. The van der Waals surface area contributed by atoms with Gasteiger partial charge in [0.2, 0.25) is 0 Å². The van der Waals surface area contributed by atoms with Crippen LogP contribution in [-0.2, 0) is 10.8 Å². The van der Waals surface area contributed by atoms with E-state index >= 15 is 0 Å². The van der Waals surface area contributed by atoms with Gasteiger partial charge in [-0.25, -0.2) is 4.79 Å². The number of nitrogens with zero attached hydrogens (tertiary/aromatic N) is 1. The molecule has 0 aliphatic heterocycles. The van der Waals surface area contributed by atoms with Gasteiger partial charge in [-0.3, -0.25) is 9.00 Å². The van der Waals surface area contributed by atoms with Crippen LogP contribution in [0.15, 0.2) is 71.6 Å². The van der Waals surface area contributed by atoms with Gasteiger partial charge in [-0.15, -0.1) is 0 Å². The van der Waals surface area contributed by atoms with Crippen molar-refractivity contribution in [3.63, 3.8) is 0 Å². The SMILES string of the molecule is CCCCCCS(=O)c1ccc(C(=O)c2ccc(N(CC3CC3)c3ccc(Cl)cc3)cc2)cc1C(=O)O. The van der Waals surface area contributed by atoms with Crippen LogP contribution in [0.4, 0.5) is 11.4 Å². The molecular formula is C30H32ClNO4S. The summed E-state index contributed by atoms with van der Waals surface area (Å²) < 4.78 is 12.8. The maximum Gasteiger partial charge on any atom is 0.336 e. The number of carbonyl (C=O) groups is 2. The third-order valence-corrected chi connectivity index (χ3v) is 8.38. The highest BCUT2D eigenvalue weighted by Crippen LogP contribution is 2.35. The average Bonchev–Trinajstić information content (AvgIpc) is 3.74. The molecule has 1 saturated carbocycles. The number of carboxylic acid groups (broad SMARTS) is 1. The average molecular weight is 538 g/mol. The first-order valence-electron chi connectivity index (χ1n) is 12.8. The fourth-order valence-electron chi connectivity index (χ4n) is 4.31. The minimum Gasteiger partial charge on any atom is -0.478 e. The topological polar surface area (TPSA) is 74.7 Å². The van der Waals surface area contributed by atoms with Gasteiger partial charge in [0.25, 0.3) is 0 Å². The van der Waals surface area contributed by atoms with Crippen LogP contribution < -0.4 is 4.90 Å². The lowest BCUT2D eigenvalue weighted by atomic mass is 10.0. The van der Waals surface area contributed by atoms with Gasteiger partial charge in [0.1, 0.15) is 0 Å². The maximum absolute atomic E-state index is 13.2. The quantitative estimate of drug-likeness (QED) is 0.180. The van der Waals surface area contributed by atoms with Gasteiger partial charge < -0.3 is 10.0 Å². The molecule has 0 spiro atoms. The molecule has 3 aromatic carbocycles. The van der Waals surface area contributed by atoms with Crippen LogP contribution in [0.25, 0.3) is 0 Å². The van der Waals surface area contributed by atoms with Gasteiger partial charge in [-0.05, 0) is 91.9 Å². The smallest absolute Gasteiger partial charge is 0.336 e. The standard InChI is InChI=1S/C30H32ClNO4S/c1-2-3-4-5-18-37(36)28-17-10-23(19-27(28)30(34)35)29(33)22-8-13-25(14-9-22)32(20-21-6-7-21)26-15-11-24(31)12-16-26/h8-17,19,21H,2-7,18,20H2,1H3,(H,34,35). The number of hydrogen-bond acceptors (Lipinski definition) is 4. The fraction of sp³-hybridized carbons (Fsp3) is 0.333. The largest absolute Gasteiger partial charge is 0.478 e. The van der Waals surface area contributed by atoms with E-state index in [4.69, 9.17) is 11.6 Å². The monoisotopic (exact) mass is 537 g/mol. The highest BCUT2D eigenvalue weighted by Gasteiger charge is 2.26. The molecule has 1 unspecified atom stereocenters. The van der Waals surface area contributed by atoms with E-state index in [0.717, 1.165) is 43.6 Å². The van der Waals surface area contributed by atoms with Crippen molar-refractivity contribution < 1.29 is 18.9 Å². The van der Waals surface area contributed by atoms with Crippen molar-refractivity contribution in [2.45, 2.75) is 50.3 Å². The Balaban J connectivity index is 1.53. The van der Waals surface area contributed by atoms with E-state index in [2.05, 4.69) is 11.8 Å². The predicted octanol–water partition coefficient (Wildman–Crippen LogP) is 7.51. The first kappa shape index (κ1) is 27.1. The van der Waals surface area contributed by atoms with Crippen molar-refractivity contribution in [1.29, 1.82) is 0 Å². The second kappa shape index (κ2) is 12.5. The van der Waals surface area contributed by atoms with Crippen LogP contribution in [0, 0.1) is 5.92 Å². The van der Waals surface area contributed by atoms with Crippen LogP contribution in [-0.4, -0.2) is 33.4 Å². The van der Waals surface area contributed by atoms with Gasteiger partial charge in [0, 0.05) is 39.8 Å². The molecule has 1 aliphatic rings. The molecule has 0 amide bonds. The Kier molecular flexibility index (Phi) is 9.17. The minimum absolute atomic E-state index is 0.0744. The minimum atomic E-state index is -1.42. The Hall–Kier alpha value is -2.96. The number of benzene rings is 3. The molecular weight excluding hydrogens is 506 g/mol. The van der Waals surface area contributed by atoms with E-state index in [0.29, 0.717) is 22.3 Å². The summed E-state index contributed by atoms with van der Waals surface area (Å²) in [6.45, 7) is 3.00. The number of rotatable bonds is 13. The van der Waals surface area contributed by atoms with Crippen molar-refractivity contribution in [1.82, 2.24) is 0 Å². The van der Waals surface area contributed by atoms with Gasteiger partial charge in [-0.2, -0.15) is 0 Å². The molecule has 1 fully saturated rings. The van der Waals surface area contributed by atoms with Crippen LogP contribution in [0.1, 0.15) is 71.7 Å². The van der Waals surface area contributed by atoms with Crippen LogP contribution in [0.2, 0.25) is 5.02 Å². The lowest BCUT2D eigenvalue weighted by molar-refractivity contribution is 0.0693. The van der Waals surface area contributed by atoms with Crippen LogP contribution >= 0.6 is 11.6 Å². The molecule has 5 nitrogen and oxygen atoms in total. The maximum atomic E-state index is 13.2. The summed E-state index contributed by atoms with van der Waals surface area (Å²) in [7, 11) is -1.42. The Morgan fingerprint density at radius 1 is 0.919 bits per heavy atom. The van der Waals surface area contributed by atoms with E-state index in [1.54, 1.807) is 18.2 Å². The molecule has 1 N–H and O–H groups in total. The third kappa shape index (κ3) is 7.08. The summed E-state index contributed by atoms with van der Waals surface area (Å²) in [6, 6.07) is 19.6. The zero-order chi connectivity index (χ0) is 26.4. The van der Waals surface area contributed by atoms with Crippen molar-refractivity contribution in [2.75, 3.05) is 17.2 Å². The zero-order valence-electron chi connectivity index (χ0n) is 21.0. The van der Waals surface area contributed by atoms with E-state index in [1.807, 2.05) is 36.4 Å². The lowest BCUT2D eigenvalue weighted by Gasteiger charge is -2.25. The first-order valence-corrected chi connectivity index (χ1v) is 14.5. The number of carboxylic acids is 1. The number of anilines is 2. The second-order valence-electron chi connectivity index (χ2n) is 9.53. The van der Waals surface area contributed by atoms with Crippen LogP contribution in [0.5, 0.6) is 0 Å². The molecule has 4 rings (SSSR count). The number of aromatic carboxylic acids is 1. The van der Waals surface area contributed by atoms with Crippen molar-refractivity contribution in [2.24, 2.45) is 5.92 Å². The predicted molar refractivity (Wildman–Crippen MR) is 150 cm³/mol. The lowest BCUT2D eigenvalue weighted by Crippen LogP contribution is -2.20. The molecule has 194 valence electrons. The van der Waals surface area contributed by atoms with E-state index in [-0.39, 0.29) is 21.8 Å². The number of halogens is 1. The summed E-state index contributed by atoms with van der Waals surface area (Å²) in [5, 5.41) is 10.4. The number of unbranched alkanes of at least 4 members (excludes halogenated alkanes) is 3. The third-order valence-electron chi connectivity index (χ3n) is 6.62. The molecule has 0 bridgehead atoms. The molecule has 1 aliphatic carbocycles. The van der Waals surface area contributed by atoms with Gasteiger partial charge in [-0.1, -0.05) is 37.8 Å². The number of ketones is 1. The molecule has 0 heterocycles. The van der Waals surface area contributed by atoms with Gasteiger partial charge >= 0.3 is 5.97 Å². The van der Waals surface area contributed by atoms with Crippen molar-refractivity contribution in [3.05, 3.63) is 88.4 Å². The number of carbonyl (C=O) groups excluding carboxylic acids is 1. The Bertz CT molecular complexity index is 1270. The normalized spacial score (nSPS) is 13.8. The Morgan fingerprint density at radius 2 is 1.54 bits per heavy atom. The van der Waals surface area contributed by atoms with E-state index in [1.165, 1.54) is 25.0 Å². The molecule has 0 saturated heterocycles. The molecule has 0 radical (unpaired) electrons. The number of hydrogen-bond donors (Lipinski definition) is 1. The molecule has 1 atom stereocenters. The summed E-state index contributed by atoms with van der Waals surface area (Å²) >= 11 is 6.08. The van der Waals surface area contributed by atoms with Crippen LogP contribution in [0.3, 0.4) is 0 Å². The summed E-state index contributed by atoms with van der Waals surface area (Å²) in [5.41, 5.74) is 2.68. The van der Waals surface area contributed by atoms with E-state index in [9.17, 15) is 18.9 Å². The Morgan fingerprint density at radius 3 is 2.14 bits per heavy atom. The molecule has 37 heavy (non-hydrogen) atoms. The van der Waals surface area contributed by atoms with Gasteiger partial charge in [0.05, 0.1) is 21.3 Å². The second-order valence-corrected chi connectivity index (χ2v) is 11.5.